The topological polar surface area (TPSA) is 84.9 Å². The van der Waals surface area contributed by atoms with Crippen LogP contribution in [0.5, 0.6) is 11.5 Å². The number of fused-ring (bicyclic) bond motifs is 1. The maximum Gasteiger partial charge on any atom is 0.265 e. The highest BCUT2D eigenvalue weighted by molar-refractivity contribution is 6.31. The molecule has 164 valence electrons. The standard InChI is InChI=1S/C23H25ClN2O5/c1-3-4-9-25-22(28)12-26-19-11-16(5-8-21(19)31-14-23(26)29)20(27)13-30-17-6-7-18(24)15(2)10-17/h5-8,10-11H,3-4,9,12-14H2,1-2H3,(H,25,28). The van der Waals surface area contributed by atoms with Gasteiger partial charge in [-0.25, -0.2) is 0 Å². The van der Waals surface area contributed by atoms with Crippen molar-refractivity contribution in [1.29, 1.82) is 0 Å². The van der Waals surface area contributed by atoms with Crippen molar-refractivity contribution >= 4 is 34.9 Å². The lowest BCUT2D eigenvalue weighted by molar-refractivity contribution is -0.125. The molecule has 8 heteroatoms. The van der Waals surface area contributed by atoms with Crippen LogP contribution in [-0.4, -0.2) is 43.9 Å². The number of carbonyl (C=O) groups excluding carboxylic acids is 3. The molecule has 0 aromatic heterocycles. The van der Waals surface area contributed by atoms with Gasteiger partial charge in [0.05, 0.1) is 5.69 Å². The highest BCUT2D eigenvalue weighted by Crippen LogP contribution is 2.33. The number of hydrogen-bond acceptors (Lipinski definition) is 5. The summed E-state index contributed by atoms with van der Waals surface area (Å²) in [7, 11) is 0. The number of ketones is 1. The predicted octanol–water partition coefficient (Wildman–Crippen LogP) is 3.55. The number of amides is 2. The Morgan fingerprint density at radius 1 is 1.23 bits per heavy atom. The third-order valence-electron chi connectivity index (χ3n) is 4.88. The molecule has 2 aromatic carbocycles. The van der Waals surface area contributed by atoms with Crippen molar-refractivity contribution in [2.75, 3.05) is 31.2 Å². The van der Waals surface area contributed by atoms with Crippen molar-refractivity contribution in [2.24, 2.45) is 0 Å². The largest absolute Gasteiger partial charge is 0.485 e. The van der Waals surface area contributed by atoms with Crippen LogP contribution in [0.2, 0.25) is 5.02 Å². The Morgan fingerprint density at radius 3 is 2.77 bits per heavy atom. The highest BCUT2D eigenvalue weighted by Gasteiger charge is 2.28. The van der Waals surface area contributed by atoms with Gasteiger partial charge in [-0.2, -0.15) is 0 Å². The molecule has 31 heavy (non-hydrogen) atoms. The number of nitrogens with zero attached hydrogens (tertiary/aromatic N) is 1. The number of aryl methyl sites for hydroxylation is 1. The summed E-state index contributed by atoms with van der Waals surface area (Å²) in [5, 5.41) is 3.42. The average molecular weight is 445 g/mol. The zero-order valence-corrected chi connectivity index (χ0v) is 18.3. The molecule has 0 bridgehead atoms. The number of benzene rings is 2. The molecule has 3 rings (SSSR count). The van der Waals surface area contributed by atoms with Crippen molar-refractivity contribution < 1.29 is 23.9 Å². The number of rotatable bonds is 9. The van der Waals surface area contributed by atoms with Gasteiger partial charge in [0, 0.05) is 17.1 Å². The van der Waals surface area contributed by atoms with E-state index in [1.165, 1.54) is 4.90 Å². The molecule has 0 radical (unpaired) electrons. The van der Waals surface area contributed by atoms with E-state index >= 15 is 0 Å². The van der Waals surface area contributed by atoms with Crippen molar-refractivity contribution in [3.63, 3.8) is 0 Å². The van der Waals surface area contributed by atoms with Gasteiger partial charge in [0.25, 0.3) is 5.91 Å². The van der Waals surface area contributed by atoms with E-state index in [0.29, 0.717) is 34.3 Å². The number of hydrogen-bond donors (Lipinski definition) is 1. The predicted molar refractivity (Wildman–Crippen MR) is 118 cm³/mol. The fourth-order valence-corrected chi connectivity index (χ4v) is 3.21. The van der Waals surface area contributed by atoms with E-state index in [0.717, 1.165) is 18.4 Å². The molecule has 7 nitrogen and oxygen atoms in total. The van der Waals surface area contributed by atoms with Gasteiger partial charge in [0.1, 0.15) is 18.0 Å². The summed E-state index contributed by atoms with van der Waals surface area (Å²) in [4.78, 5) is 38.6. The lowest BCUT2D eigenvalue weighted by atomic mass is 10.1. The second-order valence-electron chi connectivity index (χ2n) is 7.28. The van der Waals surface area contributed by atoms with Gasteiger partial charge >= 0.3 is 0 Å². The van der Waals surface area contributed by atoms with E-state index in [9.17, 15) is 14.4 Å². The Hall–Kier alpha value is -3.06. The number of anilines is 1. The van der Waals surface area contributed by atoms with Crippen LogP contribution in [0.4, 0.5) is 5.69 Å². The molecule has 1 N–H and O–H groups in total. The number of carbonyl (C=O) groups is 3. The minimum atomic E-state index is -0.337. The summed E-state index contributed by atoms with van der Waals surface area (Å²) in [5.41, 5.74) is 1.61. The molecular weight excluding hydrogens is 420 g/mol. The first-order valence-electron chi connectivity index (χ1n) is 10.1. The van der Waals surface area contributed by atoms with Crippen molar-refractivity contribution in [3.8, 4) is 11.5 Å². The van der Waals surface area contributed by atoms with Crippen LogP contribution in [0.25, 0.3) is 0 Å². The van der Waals surface area contributed by atoms with Crippen molar-refractivity contribution in [3.05, 3.63) is 52.5 Å². The van der Waals surface area contributed by atoms with E-state index in [-0.39, 0.29) is 37.4 Å². The molecule has 2 amide bonds. The van der Waals surface area contributed by atoms with Gasteiger partial charge in [0.15, 0.2) is 19.0 Å². The molecule has 0 unspecified atom stereocenters. The number of ether oxygens (including phenoxy) is 2. The summed E-state index contributed by atoms with van der Waals surface area (Å²) in [6.45, 7) is 3.99. The van der Waals surface area contributed by atoms with Crippen LogP contribution >= 0.6 is 11.6 Å². The zero-order valence-electron chi connectivity index (χ0n) is 17.6. The molecule has 0 fully saturated rings. The van der Waals surface area contributed by atoms with E-state index in [1.54, 1.807) is 36.4 Å². The summed E-state index contributed by atoms with van der Waals surface area (Å²) < 4.78 is 11.0. The first-order valence-corrected chi connectivity index (χ1v) is 10.5. The fraction of sp³-hybridized carbons (Fsp3) is 0.348. The molecule has 0 atom stereocenters. The molecule has 0 saturated carbocycles. The quantitative estimate of drug-likeness (QED) is 0.472. The first kappa shape index (κ1) is 22.6. The normalized spacial score (nSPS) is 12.7. The number of halogens is 1. The maximum atomic E-state index is 12.7. The lowest BCUT2D eigenvalue weighted by Gasteiger charge is -2.29. The molecule has 0 saturated heterocycles. The van der Waals surface area contributed by atoms with Crippen LogP contribution in [-0.2, 0) is 9.59 Å². The van der Waals surface area contributed by atoms with Crippen LogP contribution in [0, 0.1) is 6.92 Å². The Balaban J connectivity index is 1.71. The highest BCUT2D eigenvalue weighted by atomic mass is 35.5. The third-order valence-corrected chi connectivity index (χ3v) is 5.30. The third kappa shape index (κ3) is 5.76. The van der Waals surface area contributed by atoms with Gasteiger partial charge in [-0.05, 0) is 55.3 Å². The minimum Gasteiger partial charge on any atom is -0.485 e. The Kier molecular flexibility index (Phi) is 7.52. The maximum absolute atomic E-state index is 12.7. The first-order chi connectivity index (χ1) is 14.9. The van der Waals surface area contributed by atoms with Gasteiger partial charge in [-0.1, -0.05) is 24.9 Å². The van der Waals surface area contributed by atoms with E-state index in [4.69, 9.17) is 21.1 Å². The van der Waals surface area contributed by atoms with E-state index in [2.05, 4.69) is 5.32 Å². The monoisotopic (exact) mass is 444 g/mol. The van der Waals surface area contributed by atoms with E-state index in [1.807, 2.05) is 13.8 Å². The number of unbranched alkanes of at least 4 members (excludes halogenated alkanes) is 1. The Morgan fingerprint density at radius 2 is 2.03 bits per heavy atom. The van der Waals surface area contributed by atoms with Gasteiger partial charge < -0.3 is 14.8 Å². The molecule has 1 heterocycles. The molecule has 0 aliphatic carbocycles. The minimum absolute atomic E-state index is 0.128. The van der Waals surface area contributed by atoms with Crippen LogP contribution < -0.4 is 19.7 Å². The number of Topliss-reactive ketones (excluding diaryl/α,β-unsaturated/α-hetero) is 1. The summed E-state index contributed by atoms with van der Waals surface area (Å²) in [6.07, 6.45) is 1.83. The van der Waals surface area contributed by atoms with Crippen LogP contribution in [0.3, 0.4) is 0 Å². The van der Waals surface area contributed by atoms with Crippen molar-refractivity contribution in [2.45, 2.75) is 26.7 Å². The van der Waals surface area contributed by atoms with Crippen molar-refractivity contribution in [1.82, 2.24) is 5.32 Å². The summed E-state index contributed by atoms with van der Waals surface area (Å²) in [5.74, 6) is 0.132. The van der Waals surface area contributed by atoms with E-state index < -0.39 is 0 Å². The van der Waals surface area contributed by atoms with Gasteiger partial charge in [0.2, 0.25) is 5.91 Å². The number of nitrogens with one attached hydrogen (secondary N) is 1. The fourth-order valence-electron chi connectivity index (χ4n) is 3.09. The van der Waals surface area contributed by atoms with Crippen LogP contribution in [0.15, 0.2) is 36.4 Å². The second-order valence-corrected chi connectivity index (χ2v) is 7.68. The smallest absolute Gasteiger partial charge is 0.265 e. The average Bonchev–Trinajstić information content (AvgIpc) is 2.76. The molecular formula is C23H25ClN2O5. The van der Waals surface area contributed by atoms with Gasteiger partial charge in [-0.3, -0.25) is 19.3 Å². The lowest BCUT2D eigenvalue weighted by Crippen LogP contribution is -2.45. The molecule has 0 spiro atoms. The van der Waals surface area contributed by atoms with Gasteiger partial charge in [-0.15, -0.1) is 0 Å². The molecule has 2 aromatic rings. The summed E-state index contributed by atoms with van der Waals surface area (Å²) in [6, 6.07) is 9.97. The SMILES string of the molecule is CCCCNC(=O)CN1C(=O)COc2ccc(C(=O)COc3ccc(Cl)c(C)c3)cc21. The Labute approximate surface area is 186 Å². The molecule has 1 aliphatic heterocycles. The zero-order chi connectivity index (χ0) is 22.4. The second kappa shape index (κ2) is 10.3. The summed E-state index contributed by atoms with van der Waals surface area (Å²) >= 11 is 6.01. The van der Waals surface area contributed by atoms with Crippen LogP contribution in [0.1, 0.15) is 35.7 Å². The Bertz CT molecular complexity index is 992. The molecule has 1 aliphatic rings.